The largest absolute Gasteiger partial charge is 0.483 e. The average Bonchev–Trinajstić information content (AvgIpc) is 2.73. The Morgan fingerprint density at radius 2 is 1.75 bits per heavy atom. The zero-order valence-electron chi connectivity index (χ0n) is 17.4. The van der Waals surface area contributed by atoms with Crippen molar-refractivity contribution in [1.29, 1.82) is 0 Å². The average molecular weight is 542 g/mol. The SMILES string of the molecule is Cc1cc(Br)ccc1OCC(=O)NC(=S)NNC(=O)CCC(=O)Nc1cccc(Cl)c1C. The number of thiocarbonyl (C=S) groups is 1. The fourth-order valence-corrected chi connectivity index (χ4v) is 3.30. The molecule has 0 spiro atoms. The number of hydrogen-bond donors (Lipinski definition) is 4. The third-order valence-electron chi connectivity index (χ3n) is 4.19. The number of rotatable bonds is 7. The number of amides is 3. The molecule has 2 aromatic rings. The van der Waals surface area contributed by atoms with Gasteiger partial charge in [0.05, 0.1) is 0 Å². The second kappa shape index (κ2) is 12.4. The van der Waals surface area contributed by atoms with Crippen molar-refractivity contribution in [3.8, 4) is 5.75 Å². The summed E-state index contributed by atoms with van der Waals surface area (Å²) in [7, 11) is 0. The number of ether oxygens (including phenoxy) is 1. The Labute approximate surface area is 204 Å². The lowest BCUT2D eigenvalue weighted by atomic mass is 10.2. The number of carbonyl (C=O) groups is 3. The molecule has 4 N–H and O–H groups in total. The number of benzene rings is 2. The van der Waals surface area contributed by atoms with Gasteiger partial charge in [-0.15, -0.1) is 0 Å². The molecule has 2 aromatic carbocycles. The van der Waals surface area contributed by atoms with Crippen molar-refractivity contribution in [3.05, 3.63) is 57.0 Å². The van der Waals surface area contributed by atoms with Crippen LogP contribution in [0.25, 0.3) is 0 Å². The van der Waals surface area contributed by atoms with Crippen molar-refractivity contribution in [3.63, 3.8) is 0 Å². The van der Waals surface area contributed by atoms with E-state index in [-0.39, 0.29) is 30.5 Å². The van der Waals surface area contributed by atoms with E-state index in [9.17, 15) is 14.4 Å². The van der Waals surface area contributed by atoms with Crippen molar-refractivity contribution in [1.82, 2.24) is 16.2 Å². The molecule has 0 aliphatic carbocycles. The predicted molar refractivity (Wildman–Crippen MR) is 130 cm³/mol. The van der Waals surface area contributed by atoms with Gasteiger partial charge in [0.25, 0.3) is 5.91 Å². The summed E-state index contributed by atoms with van der Waals surface area (Å²) in [5.74, 6) is -0.722. The maximum absolute atomic E-state index is 12.0. The van der Waals surface area contributed by atoms with Crippen molar-refractivity contribution >= 4 is 68.3 Å². The highest BCUT2D eigenvalue weighted by Gasteiger charge is 2.11. The van der Waals surface area contributed by atoms with Gasteiger partial charge >= 0.3 is 0 Å². The minimum atomic E-state index is -0.490. The molecule has 8 nitrogen and oxygen atoms in total. The van der Waals surface area contributed by atoms with Crippen LogP contribution in [0.3, 0.4) is 0 Å². The van der Waals surface area contributed by atoms with Crippen LogP contribution in [0.2, 0.25) is 5.02 Å². The van der Waals surface area contributed by atoms with E-state index in [0.717, 1.165) is 15.6 Å². The van der Waals surface area contributed by atoms with Crippen LogP contribution in [-0.2, 0) is 14.4 Å². The van der Waals surface area contributed by atoms with Crippen LogP contribution >= 0.6 is 39.7 Å². The highest BCUT2D eigenvalue weighted by Crippen LogP contribution is 2.23. The first-order valence-electron chi connectivity index (χ1n) is 9.48. The van der Waals surface area contributed by atoms with Crippen molar-refractivity contribution in [2.45, 2.75) is 26.7 Å². The van der Waals surface area contributed by atoms with Crippen molar-refractivity contribution < 1.29 is 19.1 Å². The number of carbonyl (C=O) groups excluding carboxylic acids is 3. The number of hydrogen-bond acceptors (Lipinski definition) is 5. The van der Waals surface area contributed by atoms with Crippen LogP contribution in [0, 0.1) is 13.8 Å². The highest BCUT2D eigenvalue weighted by atomic mass is 79.9. The van der Waals surface area contributed by atoms with Gasteiger partial charge < -0.3 is 10.1 Å². The van der Waals surface area contributed by atoms with Crippen LogP contribution in [0.5, 0.6) is 5.75 Å². The lowest BCUT2D eigenvalue weighted by Gasteiger charge is -2.12. The lowest BCUT2D eigenvalue weighted by Crippen LogP contribution is -2.49. The van der Waals surface area contributed by atoms with Crippen LogP contribution in [-0.4, -0.2) is 29.4 Å². The Balaban J connectivity index is 1.66. The molecule has 3 amide bonds. The lowest BCUT2D eigenvalue weighted by molar-refractivity contribution is -0.125. The highest BCUT2D eigenvalue weighted by molar-refractivity contribution is 9.10. The molecule has 0 heterocycles. The summed E-state index contributed by atoms with van der Waals surface area (Å²) in [5, 5.41) is 5.54. The fourth-order valence-electron chi connectivity index (χ4n) is 2.48. The molecule has 0 aliphatic heterocycles. The van der Waals surface area contributed by atoms with Gasteiger partial charge in [0.2, 0.25) is 11.8 Å². The Bertz CT molecular complexity index is 1030. The summed E-state index contributed by atoms with van der Waals surface area (Å²) in [6.07, 6.45) is -0.125. The third kappa shape index (κ3) is 8.45. The molecule has 0 saturated carbocycles. The topological polar surface area (TPSA) is 109 Å². The molecule has 0 unspecified atom stereocenters. The smallest absolute Gasteiger partial charge is 0.264 e. The Morgan fingerprint density at radius 1 is 1.03 bits per heavy atom. The Morgan fingerprint density at radius 3 is 2.47 bits per heavy atom. The van der Waals surface area contributed by atoms with E-state index in [1.54, 1.807) is 37.3 Å². The van der Waals surface area contributed by atoms with Gasteiger partial charge in [-0.05, 0) is 67.5 Å². The van der Waals surface area contributed by atoms with Gasteiger partial charge in [-0.3, -0.25) is 30.6 Å². The molecular formula is C21H22BrClN4O4S. The second-order valence-corrected chi connectivity index (χ2v) is 8.44. The Kier molecular flexibility index (Phi) is 9.89. The minimum absolute atomic E-state index is 0.0427. The van der Waals surface area contributed by atoms with E-state index >= 15 is 0 Å². The summed E-state index contributed by atoms with van der Waals surface area (Å²) in [6, 6.07) is 10.6. The van der Waals surface area contributed by atoms with Crippen LogP contribution < -0.4 is 26.2 Å². The van der Waals surface area contributed by atoms with Crippen LogP contribution in [0.4, 0.5) is 5.69 Å². The summed E-state index contributed by atoms with van der Waals surface area (Å²) in [4.78, 5) is 35.9. The minimum Gasteiger partial charge on any atom is -0.483 e. The van der Waals surface area contributed by atoms with Gasteiger partial charge in [-0.1, -0.05) is 33.6 Å². The molecule has 0 bridgehead atoms. The van der Waals surface area contributed by atoms with E-state index in [0.29, 0.717) is 16.5 Å². The van der Waals surface area contributed by atoms with Gasteiger partial charge in [-0.2, -0.15) is 0 Å². The molecule has 0 saturated heterocycles. The first-order chi connectivity index (χ1) is 15.2. The maximum Gasteiger partial charge on any atom is 0.264 e. The number of anilines is 1. The first kappa shape index (κ1) is 25.6. The second-order valence-electron chi connectivity index (χ2n) is 6.71. The summed E-state index contributed by atoms with van der Waals surface area (Å²) < 4.78 is 6.36. The molecule has 0 aliphatic rings. The first-order valence-corrected chi connectivity index (χ1v) is 11.1. The summed E-state index contributed by atoms with van der Waals surface area (Å²) in [6.45, 7) is 3.40. The maximum atomic E-state index is 12.0. The molecule has 0 aromatic heterocycles. The standard InChI is InChI=1S/C21H22BrClN4O4S/c1-12-10-14(22)6-7-17(12)31-11-20(30)25-21(32)27-26-19(29)9-8-18(28)24-16-5-3-4-15(23)13(16)2/h3-7,10H,8-9,11H2,1-2H3,(H,24,28)(H,26,29)(H2,25,27,30,32). The van der Waals surface area contributed by atoms with Gasteiger partial charge in [-0.25, -0.2) is 0 Å². The van der Waals surface area contributed by atoms with Crippen LogP contribution in [0.15, 0.2) is 40.9 Å². The molecule has 0 fully saturated rings. The number of hydrazine groups is 1. The molecule has 170 valence electrons. The van der Waals surface area contributed by atoms with E-state index in [1.807, 2.05) is 13.0 Å². The quantitative estimate of drug-likeness (QED) is 0.315. The summed E-state index contributed by atoms with van der Waals surface area (Å²) >= 11 is 14.3. The van der Waals surface area contributed by atoms with E-state index < -0.39 is 11.8 Å². The molecule has 0 atom stereocenters. The molecule has 2 rings (SSSR count). The van der Waals surface area contributed by atoms with Crippen molar-refractivity contribution in [2.75, 3.05) is 11.9 Å². The normalized spacial score (nSPS) is 10.1. The predicted octanol–water partition coefficient (Wildman–Crippen LogP) is 3.54. The third-order valence-corrected chi connectivity index (χ3v) is 5.29. The zero-order chi connectivity index (χ0) is 23.7. The number of aryl methyl sites for hydroxylation is 1. The van der Waals surface area contributed by atoms with Gasteiger partial charge in [0, 0.05) is 28.0 Å². The fraction of sp³-hybridized carbons (Fsp3) is 0.238. The summed E-state index contributed by atoms with van der Waals surface area (Å²) in [5.41, 5.74) is 6.94. The zero-order valence-corrected chi connectivity index (χ0v) is 20.5. The number of nitrogens with one attached hydrogen (secondary N) is 4. The van der Waals surface area contributed by atoms with Crippen LogP contribution in [0.1, 0.15) is 24.0 Å². The monoisotopic (exact) mass is 540 g/mol. The van der Waals surface area contributed by atoms with E-state index in [1.165, 1.54) is 0 Å². The van der Waals surface area contributed by atoms with Gasteiger partial charge in [0.15, 0.2) is 11.7 Å². The van der Waals surface area contributed by atoms with Gasteiger partial charge in [0.1, 0.15) is 5.75 Å². The molecule has 32 heavy (non-hydrogen) atoms. The Hall–Kier alpha value is -2.69. The van der Waals surface area contributed by atoms with E-state index in [4.69, 9.17) is 28.6 Å². The molecule has 0 radical (unpaired) electrons. The number of halogens is 2. The molecular weight excluding hydrogens is 520 g/mol. The molecule has 11 heteroatoms. The van der Waals surface area contributed by atoms with Crippen molar-refractivity contribution in [2.24, 2.45) is 0 Å². The van der Waals surface area contributed by atoms with E-state index in [2.05, 4.69) is 37.4 Å².